The zero-order chi connectivity index (χ0) is 10.9. The molecule has 0 bridgehead atoms. The monoisotopic (exact) mass is 212 g/mol. The summed E-state index contributed by atoms with van der Waals surface area (Å²) in [5, 5.41) is 3.62. The number of nitrogens with one attached hydrogen (secondary N) is 1. The van der Waals surface area contributed by atoms with E-state index in [0.717, 1.165) is 6.04 Å². The molecule has 0 aromatic carbocycles. The number of likely N-dealkylation sites (tertiary alicyclic amines) is 1. The van der Waals surface area contributed by atoms with Gasteiger partial charge in [0.1, 0.15) is 0 Å². The summed E-state index contributed by atoms with van der Waals surface area (Å²) >= 11 is 0. The normalized spacial score (nSPS) is 22.4. The Morgan fingerprint density at radius 2 is 2.00 bits per heavy atom. The molecule has 0 aliphatic carbocycles. The second-order valence-electron chi connectivity index (χ2n) is 4.80. The Bertz CT molecular complexity index is 147. The van der Waals surface area contributed by atoms with Crippen molar-refractivity contribution in [1.82, 2.24) is 10.2 Å². The molecule has 1 aliphatic heterocycles. The van der Waals surface area contributed by atoms with Crippen molar-refractivity contribution in [2.45, 2.75) is 58.4 Å². The molecule has 0 aromatic rings. The molecule has 1 N–H and O–H groups in total. The Hall–Kier alpha value is -0.0800. The molecule has 1 heterocycles. The summed E-state index contributed by atoms with van der Waals surface area (Å²) in [5.74, 6) is 0. The number of nitrogens with zero attached hydrogens (tertiary/aromatic N) is 1. The van der Waals surface area contributed by atoms with Crippen LogP contribution in [0.15, 0.2) is 0 Å². The van der Waals surface area contributed by atoms with Crippen LogP contribution in [0.5, 0.6) is 0 Å². The summed E-state index contributed by atoms with van der Waals surface area (Å²) in [5.41, 5.74) is 0. The molecular formula is C13H28N2. The molecule has 1 saturated heterocycles. The summed E-state index contributed by atoms with van der Waals surface area (Å²) < 4.78 is 0. The van der Waals surface area contributed by atoms with Gasteiger partial charge in [-0.2, -0.15) is 0 Å². The van der Waals surface area contributed by atoms with Crippen molar-refractivity contribution < 1.29 is 0 Å². The highest BCUT2D eigenvalue weighted by Crippen LogP contribution is 2.10. The van der Waals surface area contributed by atoms with Crippen molar-refractivity contribution in [2.24, 2.45) is 0 Å². The SMILES string of the molecule is CCCCCCN1CCC(NCCC)C1. The van der Waals surface area contributed by atoms with Crippen LogP contribution in [-0.4, -0.2) is 37.1 Å². The van der Waals surface area contributed by atoms with E-state index >= 15 is 0 Å². The van der Waals surface area contributed by atoms with E-state index in [2.05, 4.69) is 24.1 Å². The predicted octanol–water partition coefficient (Wildman–Crippen LogP) is 2.64. The quantitative estimate of drug-likeness (QED) is 0.622. The minimum Gasteiger partial charge on any atom is -0.313 e. The minimum absolute atomic E-state index is 0.774. The van der Waals surface area contributed by atoms with Crippen molar-refractivity contribution in [3.8, 4) is 0 Å². The molecule has 1 aliphatic rings. The lowest BCUT2D eigenvalue weighted by Crippen LogP contribution is -2.33. The second-order valence-corrected chi connectivity index (χ2v) is 4.80. The molecule has 90 valence electrons. The highest BCUT2D eigenvalue weighted by atomic mass is 15.2. The predicted molar refractivity (Wildman–Crippen MR) is 67.3 cm³/mol. The van der Waals surface area contributed by atoms with E-state index in [9.17, 15) is 0 Å². The van der Waals surface area contributed by atoms with E-state index in [1.54, 1.807) is 0 Å². The Morgan fingerprint density at radius 1 is 1.13 bits per heavy atom. The molecule has 15 heavy (non-hydrogen) atoms. The number of rotatable bonds is 8. The summed E-state index contributed by atoms with van der Waals surface area (Å²) in [6.07, 6.45) is 8.18. The summed E-state index contributed by atoms with van der Waals surface area (Å²) in [4.78, 5) is 2.63. The van der Waals surface area contributed by atoms with Gasteiger partial charge in [0.2, 0.25) is 0 Å². The highest BCUT2D eigenvalue weighted by molar-refractivity contribution is 4.80. The highest BCUT2D eigenvalue weighted by Gasteiger charge is 2.20. The van der Waals surface area contributed by atoms with Crippen LogP contribution < -0.4 is 5.32 Å². The van der Waals surface area contributed by atoms with Crippen LogP contribution in [0.1, 0.15) is 52.4 Å². The number of hydrogen-bond acceptors (Lipinski definition) is 2. The van der Waals surface area contributed by atoms with E-state index < -0.39 is 0 Å². The van der Waals surface area contributed by atoms with Crippen molar-refractivity contribution in [3.63, 3.8) is 0 Å². The average Bonchev–Trinajstić information content (AvgIpc) is 2.69. The first-order valence-corrected chi connectivity index (χ1v) is 6.82. The molecular weight excluding hydrogens is 184 g/mol. The Kier molecular flexibility index (Phi) is 7.03. The van der Waals surface area contributed by atoms with Crippen molar-refractivity contribution in [2.75, 3.05) is 26.2 Å². The standard InChI is InChI=1S/C13H28N2/c1-3-5-6-7-10-15-11-8-13(12-15)14-9-4-2/h13-14H,3-12H2,1-2H3. The van der Waals surface area contributed by atoms with E-state index in [-0.39, 0.29) is 0 Å². The number of hydrogen-bond donors (Lipinski definition) is 1. The van der Waals surface area contributed by atoms with Crippen molar-refractivity contribution in [3.05, 3.63) is 0 Å². The van der Waals surface area contributed by atoms with Crippen LogP contribution in [0.2, 0.25) is 0 Å². The van der Waals surface area contributed by atoms with Crippen LogP contribution in [0.3, 0.4) is 0 Å². The molecule has 0 radical (unpaired) electrons. The smallest absolute Gasteiger partial charge is 0.0207 e. The first-order valence-electron chi connectivity index (χ1n) is 6.82. The zero-order valence-electron chi connectivity index (χ0n) is 10.6. The minimum atomic E-state index is 0.774. The van der Waals surface area contributed by atoms with Crippen molar-refractivity contribution >= 4 is 0 Å². The largest absolute Gasteiger partial charge is 0.313 e. The Labute approximate surface area is 95.4 Å². The average molecular weight is 212 g/mol. The van der Waals surface area contributed by atoms with Crippen LogP contribution in [0.25, 0.3) is 0 Å². The topological polar surface area (TPSA) is 15.3 Å². The molecule has 1 unspecified atom stereocenters. The Balaban J connectivity index is 1.98. The maximum absolute atomic E-state index is 3.62. The van der Waals surface area contributed by atoms with Gasteiger partial charge in [-0.3, -0.25) is 0 Å². The van der Waals surface area contributed by atoms with Gasteiger partial charge in [-0.05, 0) is 38.9 Å². The van der Waals surface area contributed by atoms with Gasteiger partial charge in [0, 0.05) is 12.6 Å². The van der Waals surface area contributed by atoms with Gasteiger partial charge in [0.05, 0.1) is 0 Å². The molecule has 2 heteroatoms. The van der Waals surface area contributed by atoms with Crippen LogP contribution in [0.4, 0.5) is 0 Å². The fourth-order valence-corrected chi connectivity index (χ4v) is 2.31. The second kappa shape index (κ2) is 8.12. The lowest BCUT2D eigenvalue weighted by atomic mass is 10.2. The van der Waals surface area contributed by atoms with Crippen LogP contribution in [0, 0.1) is 0 Å². The van der Waals surface area contributed by atoms with Crippen LogP contribution >= 0.6 is 0 Å². The third-order valence-corrected chi connectivity index (χ3v) is 3.28. The van der Waals surface area contributed by atoms with Gasteiger partial charge in [-0.1, -0.05) is 33.1 Å². The van der Waals surface area contributed by atoms with E-state index in [4.69, 9.17) is 0 Å². The van der Waals surface area contributed by atoms with Gasteiger partial charge in [-0.15, -0.1) is 0 Å². The molecule has 0 aromatic heterocycles. The van der Waals surface area contributed by atoms with Crippen LogP contribution in [-0.2, 0) is 0 Å². The molecule has 1 rings (SSSR count). The lowest BCUT2D eigenvalue weighted by Gasteiger charge is -2.16. The molecule has 0 spiro atoms. The summed E-state index contributed by atoms with van der Waals surface area (Å²) in [6.45, 7) is 9.63. The maximum Gasteiger partial charge on any atom is 0.0207 e. The molecule has 0 amide bonds. The lowest BCUT2D eigenvalue weighted by molar-refractivity contribution is 0.318. The molecule has 0 saturated carbocycles. The summed E-state index contributed by atoms with van der Waals surface area (Å²) in [7, 11) is 0. The molecule has 1 atom stereocenters. The third kappa shape index (κ3) is 5.53. The fourth-order valence-electron chi connectivity index (χ4n) is 2.31. The van der Waals surface area contributed by atoms with Gasteiger partial charge >= 0.3 is 0 Å². The zero-order valence-corrected chi connectivity index (χ0v) is 10.6. The van der Waals surface area contributed by atoms with Gasteiger partial charge in [-0.25, -0.2) is 0 Å². The first kappa shape index (κ1) is 13.0. The van der Waals surface area contributed by atoms with Gasteiger partial charge in [0.25, 0.3) is 0 Å². The van der Waals surface area contributed by atoms with Crippen molar-refractivity contribution in [1.29, 1.82) is 0 Å². The van der Waals surface area contributed by atoms with E-state index in [1.165, 1.54) is 64.7 Å². The summed E-state index contributed by atoms with van der Waals surface area (Å²) in [6, 6.07) is 0.774. The van der Waals surface area contributed by atoms with Gasteiger partial charge < -0.3 is 10.2 Å². The van der Waals surface area contributed by atoms with E-state index in [1.807, 2.05) is 0 Å². The Morgan fingerprint density at radius 3 is 2.73 bits per heavy atom. The molecule has 1 fully saturated rings. The third-order valence-electron chi connectivity index (χ3n) is 3.28. The van der Waals surface area contributed by atoms with E-state index in [0.29, 0.717) is 0 Å². The fraction of sp³-hybridized carbons (Fsp3) is 1.00. The number of unbranched alkanes of at least 4 members (excludes halogenated alkanes) is 3. The maximum atomic E-state index is 3.62. The first-order chi connectivity index (χ1) is 7.36. The molecule has 2 nitrogen and oxygen atoms in total. The van der Waals surface area contributed by atoms with Gasteiger partial charge in [0.15, 0.2) is 0 Å².